The lowest BCUT2D eigenvalue weighted by Gasteiger charge is -2.13. The number of halogens is 1. The van der Waals surface area contributed by atoms with E-state index in [1.54, 1.807) is 30.9 Å². The summed E-state index contributed by atoms with van der Waals surface area (Å²) in [4.78, 5) is 22.3. The fourth-order valence-corrected chi connectivity index (χ4v) is 4.28. The van der Waals surface area contributed by atoms with E-state index in [0.29, 0.717) is 29.2 Å². The van der Waals surface area contributed by atoms with Crippen LogP contribution in [0.4, 0.5) is 10.2 Å². The Balaban J connectivity index is 1.53. The smallest absolute Gasteiger partial charge is 0.258 e. The van der Waals surface area contributed by atoms with Gasteiger partial charge in [-0.05, 0) is 61.9 Å². The van der Waals surface area contributed by atoms with Crippen molar-refractivity contribution in [2.75, 3.05) is 5.32 Å². The van der Waals surface area contributed by atoms with Gasteiger partial charge in [-0.2, -0.15) is 0 Å². The molecule has 0 fully saturated rings. The third-order valence-electron chi connectivity index (χ3n) is 5.96. The van der Waals surface area contributed by atoms with E-state index in [0.717, 1.165) is 22.6 Å². The van der Waals surface area contributed by atoms with Crippen LogP contribution in [0.3, 0.4) is 0 Å². The molecular formula is C28H24FN5O. The number of hydrogen-bond donors (Lipinski definition) is 1. The lowest BCUT2D eigenvalue weighted by Crippen LogP contribution is -2.17. The van der Waals surface area contributed by atoms with Gasteiger partial charge in [0.1, 0.15) is 17.3 Å². The number of hydrogen-bond acceptors (Lipinski definition) is 3. The molecule has 3 aromatic heterocycles. The highest BCUT2D eigenvalue weighted by atomic mass is 19.1. The Morgan fingerprint density at radius 3 is 2.49 bits per heavy atom. The molecule has 3 heterocycles. The number of rotatable bonds is 6. The highest BCUT2D eigenvalue weighted by Gasteiger charge is 2.21. The Labute approximate surface area is 202 Å². The molecule has 1 amide bonds. The van der Waals surface area contributed by atoms with E-state index in [1.807, 2.05) is 71.5 Å². The fraction of sp³-hybridized carbons (Fsp3) is 0.107. The molecule has 2 aromatic carbocycles. The van der Waals surface area contributed by atoms with E-state index in [9.17, 15) is 9.18 Å². The first-order valence-electron chi connectivity index (χ1n) is 11.3. The van der Waals surface area contributed by atoms with Crippen molar-refractivity contribution in [1.82, 2.24) is 19.1 Å². The van der Waals surface area contributed by atoms with Gasteiger partial charge in [-0.3, -0.25) is 9.78 Å². The van der Waals surface area contributed by atoms with Gasteiger partial charge in [0, 0.05) is 23.1 Å². The number of anilines is 1. The van der Waals surface area contributed by atoms with Crippen LogP contribution in [0, 0.1) is 19.7 Å². The van der Waals surface area contributed by atoms with Gasteiger partial charge in [-0.15, -0.1) is 0 Å². The number of aryl methyl sites for hydroxylation is 1. The highest BCUT2D eigenvalue weighted by Crippen LogP contribution is 2.29. The lowest BCUT2D eigenvalue weighted by molar-refractivity contribution is 0.102. The molecular weight excluding hydrogens is 441 g/mol. The Morgan fingerprint density at radius 1 is 1.00 bits per heavy atom. The molecule has 0 aliphatic carbocycles. The van der Waals surface area contributed by atoms with Crippen LogP contribution < -0.4 is 5.32 Å². The number of carbonyl (C=O) groups excluding carboxylic acids is 1. The molecule has 7 heteroatoms. The maximum Gasteiger partial charge on any atom is 0.258 e. The topological polar surface area (TPSA) is 64.7 Å². The van der Waals surface area contributed by atoms with Gasteiger partial charge in [-0.1, -0.05) is 30.3 Å². The molecule has 0 saturated carbocycles. The number of nitrogens with zero attached hydrogens (tertiary/aromatic N) is 4. The van der Waals surface area contributed by atoms with Crippen LogP contribution in [0.5, 0.6) is 0 Å². The molecule has 6 nitrogen and oxygen atoms in total. The van der Waals surface area contributed by atoms with Crippen molar-refractivity contribution in [2.45, 2.75) is 20.4 Å². The van der Waals surface area contributed by atoms with Crippen molar-refractivity contribution in [3.63, 3.8) is 0 Å². The lowest BCUT2D eigenvalue weighted by atomic mass is 10.1. The molecule has 5 aromatic rings. The minimum atomic E-state index is -0.328. The zero-order chi connectivity index (χ0) is 24.4. The molecule has 0 bridgehead atoms. The summed E-state index contributed by atoms with van der Waals surface area (Å²) in [5.74, 6) is -0.0195. The first-order valence-corrected chi connectivity index (χ1v) is 11.3. The average Bonchev–Trinajstić information content (AvgIpc) is 3.40. The van der Waals surface area contributed by atoms with Gasteiger partial charge in [0.25, 0.3) is 5.91 Å². The fourth-order valence-electron chi connectivity index (χ4n) is 4.28. The van der Waals surface area contributed by atoms with Gasteiger partial charge in [0.05, 0.1) is 30.3 Å². The van der Waals surface area contributed by atoms with Crippen molar-refractivity contribution >= 4 is 11.7 Å². The molecule has 5 rings (SSSR count). The number of pyridine rings is 1. The highest BCUT2D eigenvalue weighted by molar-refractivity contribution is 6.06. The molecule has 174 valence electrons. The number of nitrogens with one attached hydrogen (secondary N) is 1. The molecule has 0 spiro atoms. The Morgan fingerprint density at radius 2 is 1.77 bits per heavy atom. The maximum absolute atomic E-state index is 13.5. The number of imidazole rings is 1. The first-order chi connectivity index (χ1) is 17.0. The molecule has 0 aliphatic heterocycles. The Hall–Kier alpha value is -4.52. The van der Waals surface area contributed by atoms with Crippen LogP contribution in [0.2, 0.25) is 0 Å². The molecule has 35 heavy (non-hydrogen) atoms. The minimum absolute atomic E-state index is 0.244. The van der Waals surface area contributed by atoms with E-state index in [-0.39, 0.29) is 11.7 Å². The summed E-state index contributed by atoms with van der Waals surface area (Å²) >= 11 is 0. The standard InChI is InChI=1S/C28H24FN5O/c1-19-15-25(20(2)34(19)24-9-6-14-30-16-24)28(35)32-27-26(22-10-12-23(29)13-11-22)31-18-33(27)17-21-7-4-3-5-8-21/h3-16,18H,17H2,1-2H3,(H,32,35). The van der Waals surface area contributed by atoms with E-state index < -0.39 is 0 Å². The van der Waals surface area contributed by atoms with E-state index in [4.69, 9.17) is 0 Å². The predicted molar refractivity (Wildman–Crippen MR) is 134 cm³/mol. The third kappa shape index (κ3) is 4.48. The summed E-state index contributed by atoms with van der Waals surface area (Å²) < 4.78 is 17.4. The monoisotopic (exact) mass is 465 g/mol. The zero-order valence-electron chi connectivity index (χ0n) is 19.4. The number of aromatic nitrogens is 4. The maximum atomic E-state index is 13.5. The SMILES string of the molecule is Cc1cc(C(=O)Nc2c(-c3ccc(F)cc3)ncn2Cc2ccccc2)c(C)n1-c1cccnc1. The summed E-state index contributed by atoms with van der Waals surface area (Å²) in [5.41, 5.74) is 5.56. The molecule has 0 unspecified atom stereocenters. The van der Waals surface area contributed by atoms with Crippen molar-refractivity contribution in [3.05, 3.63) is 120 Å². The van der Waals surface area contributed by atoms with Crippen LogP contribution in [-0.4, -0.2) is 25.0 Å². The Bertz CT molecular complexity index is 1470. The summed E-state index contributed by atoms with van der Waals surface area (Å²) in [6.45, 7) is 4.40. The zero-order valence-corrected chi connectivity index (χ0v) is 19.4. The van der Waals surface area contributed by atoms with Crippen LogP contribution in [0.15, 0.2) is 91.5 Å². The average molecular weight is 466 g/mol. The van der Waals surface area contributed by atoms with Gasteiger partial charge in [-0.25, -0.2) is 9.37 Å². The quantitative estimate of drug-likeness (QED) is 0.345. The normalized spacial score (nSPS) is 10.9. The minimum Gasteiger partial charge on any atom is -0.316 e. The summed E-state index contributed by atoms with van der Waals surface area (Å²) in [6, 6.07) is 21.7. The van der Waals surface area contributed by atoms with Crippen LogP contribution in [-0.2, 0) is 6.54 Å². The van der Waals surface area contributed by atoms with Crippen LogP contribution in [0.1, 0.15) is 27.3 Å². The van der Waals surface area contributed by atoms with E-state index >= 15 is 0 Å². The number of carbonyl (C=O) groups is 1. The van der Waals surface area contributed by atoms with Crippen molar-refractivity contribution in [3.8, 4) is 16.9 Å². The van der Waals surface area contributed by atoms with Crippen molar-refractivity contribution in [1.29, 1.82) is 0 Å². The van der Waals surface area contributed by atoms with Gasteiger partial charge in [0.15, 0.2) is 0 Å². The van der Waals surface area contributed by atoms with Gasteiger partial charge >= 0.3 is 0 Å². The summed E-state index contributed by atoms with van der Waals surface area (Å²) in [5, 5.41) is 3.08. The molecule has 0 aliphatic rings. The predicted octanol–water partition coefficient (Wildman–Crippen LogP) is 5.79. The van der Waals surface area contributed by atoms with E-state index in [2.05, 4.69) is 15.3 Å². The van der Waals surface area contributed by atoms with Gasteiger partial charge in [0.2, 0.25) is 0 Å². The first kappa shape index (κ1) is 22.3. The second-order valence-electron chi connectivity index (χ2n) is 8.35. The van der Waals surface area contributed by atoms with Crippen LogP contribution in [0.25, 0.3) is 16.9 Å². The molecule has 0 atom stereocenters. The molecule has 1 N–H and O–H groups in total. The second kappa shape index (κ2) is 9.38. The van der Waals surface area contributed by atoms with E-state index in [1.165, 1.54) is 12.1 Å². The summed E-state index contributed by atoms with van der Waals surface area (Å²) in [7, 11) is 0. The number of benzene rings is 2. The Kier molecular flexibility index (Phi) is 5.97. The second-order valence-corrected chi connectivity index (χ2v) is 8.35. The van der Waals surface area contributed by atoms with Crippen molar-refractivity contribution < 1.29 is 9.18 Å². The van der Waals surface area contributed by atoms with Gasteiger partial charge < -0.3 is 14.5 Å². The van der Waals surface area contributed by atoms with Crippen LogP contribution >= 0.6 is 0 Å². The molecule has 0 radical (unpaired) electrons. The number of amides is 1. The third-order valence-corrected chi connectivity index (χ3v) is 5.96. The summed E-state index contributed by atoms with van der Waals surface area (Å²) in [6.07, 6.45) is 5.18. The molecule has 0 saturated heterocycles. The van der Waals surface area contributed by atoms with Crippen molar-refractivity contribution in [2.24, 2.45) is 0 Å². The largest absolute Gasteiger partial charge is 0.316 e.